The van der Waals surface area contributed by atoms with Crippen molar-refractivity contribution in [2.45, 2.75) is 0 Å². The van der Waals surface area contributed by atoms with E-state index in [0.29, 0.717) is 5.75 Å². The predicted octanol–water partition coefficient (Wildman–Crippen LogP) is 2.74. The van der Waals surface area contributed by atoms with Crippen molar-refractivity contribution < 1.29 is 7.87 Å². The molecule has 0 amide bonds. The molecule has 0 aliphatic heterocycles. The summed E-state index contributed by atoms with van der Waals surface area (Å²) in [5, 5.41) is 0. The fraction of sp³-hybridized carbons (Fsp3) is 0. The minimum absolute atomic E-state index is 0.147. The van der Waals surface area contributed by atoms with Crippen LogP contribution in [0, 0.1) is 0 Å². The van der Waals surface area contributed by atoms with Crippen molar-refractivity contribution in [2.24, 2.45) is 0 Å². The molecule has 4 rings (SSSR count). The Morgan fingerprint density at radius 2 is 0.821 bits per heavy atom. The molecule has 0 aliphatic carbocycles. The number of hydrogen-bond donors (Lipinski definition) is 0. The van der Waals surface area contributed by atoms with Gasteiger partial charge in [-0.05, 0) is 0 Å². The first-order valence-corrected chi connectivity index (χ1v) is 14.7. The van der Waals surface area contributed by atoms with Gasteiger partial charge in [0, 0.05) is 0 Å². The van der Waals surface area contributed by atoms with Gasteiger partial charge in [-0.3, -0.25) is 0 Å². The van der Waals surface area contributed by atoms with Crippen LogP contribution in [0.2, 0.25) is 0 Å². The van der Waals surface area contributed by atoms with E-state index in [1.54, 1.807) is 6.07 Å². The van der Waals surface area contributed by atoms with E-state index in [0.717, 1.165) is 0 Å². The summed E-state index contributed by atoms with van der Waals surface area (Å²) < 4.78 is 10.5. The summed E-state index contributed by atoms with van der Waals surface area (Å²) in [5.74, 6) is 0.511. The standard InChI is InChI=1S/C7H6O2.3C6H5.Sn/c8-6-4-2-1-3-5-7(6)9;3*1-2-4-6-5-3-1;/h1-5H,(H,8,9);3*1-5H;/q;;;;+1. The second-order valence-electron chi connectivity index (χ2n) is 6.54. The van der Waals surface area contributed by atoms with Gasteiger partial charge in [0.15, 0.2) is 0 Å². The van der Waals surface area contributed by atoms with Crippen molar-refractivity contribution in [1.29, 1.82) is 0 Å². The molecule has 1 N–H and O–H groups in total. The monoisotopic (exact) mass is 473 g/mol. The Hall–Kier alpha value is -2.85. The van der Waals surface area contributed by atoms with Gasteiger partial charge in [-0.25, -0.2) is 0 Å². The average Bonchev–Trinajstić information content (AvgIpc) is 2.98. The first kappa shape index (κ1) is 18.5. The molecule has 0 unspecified atom stereocenters. The van der Waals surface area contributed by atoms with E-state index in [2.05, 4.69) is 72.8 Å². The van der Waals surface area contributed by atoms with Gasteiger partial charge in [0.1, 0.15) is 0 Å². The fourth-order valence-corrected chi connectivity index (χ4v) is 14.4. The van der Waals surface area contributed by atoms with Gasteiger partial charge in [0.25, 0.3) is 0 Å². The van der Waals surface area contributed by atoms with Crippen LogP contribution in [-0.2, 0) is 0 Å². The van der Waals surface area contributed by atoms with Crippen molar-refractivity contribution in [3.8, 4) is 5.75 Å². The van der Waals surface area contributed by atoms with Crippen molar-refractivity contribution in [1.82, 2.24) is 0 Å². The van der Waals surface area contributed by atoms with E-state index in [1.165, 1.54) is 10.7 Å². The quantitative estimate of drug-likeness (QED) is 0.325. The van der Waals surface area contributed by atoms with E-state index >= 15 is 0 Å². The molecule has 0 bridgehead atoms. The molecule has 0 radical (unpaired) electrons. The normalized spacial score (nSPS) is 11.0. The van der Waals surface area contributed by atoms with Crippen LogP contribution in [-0.4, -0.2) is 23.6 Å². The molecule has 0 fully saturated rings. The number of hydrogen-bond acceptors (Lipinski definition) is 1. The molecule has 0 aliphatic rings. The van der Waals surface area contributed by atoms with E-state index in [-0.39, 0.29) is 5.43 Å². The van der Waals surface area contributed by atoms with E-state index in [4.69, 9.17) is 3.07 Å². The summed E-state index contributed by atoms with van der Waals surface area (Å²) in [7, 11) is 0. The molecule has 0 spiro atoms. The predicted molar refractivity (Wildman–Crippen MR) is 116 cm³/mol. The van der Waals surface area contributed by atoms with Crippen molar-refractivity contribution in [2.75, 3.05) is 0 Å². The average molecular weight is 472 g/mol. The van der Waals surface area contributed by atoms with Crippen molar-refractivity contribution >= 4 is 29.5 Å². The molecular formula is C25H21O2Sn+. The van der Waals surface area contributed by atoms with Crippen molar-refractivity contribution in [3.05, 3.63) is 127 Å². The van der Waals surface area contributed by atoms with Crippen LogP contribution < -0.4 is 19.2 Å². The molecule has 2 nitrogen and oxygen atoms in total. The first-order valence-electron chi connectivity index (χ1n) is 9.27. The first-order chi connectivity index (χ1) is 13.8. The minimum atomic E-state index is -3.91. The van der Waals surface area contributed by atoms with Gasteiger partial charge in [-0.15, -0.1) is 0 Å². The second-order valence-corrected chi connectivity index (χ2v) is 16.0. The maximum atomic E-state index is 10.6. The van der Waals surface area contributed by atoms with E-state index in [1.807, 2.05) is 42.5 Å². The summed E-state index contributed by atoms with van der Waals surface area (Å²) in [6, 6.07) is 40.4. The third-order valence-electron chi connectivity index (χ3n) is 4.78. The van der Waals surface area contributed by atoms with Gasteiger partial charge < -0.3 is 0 Å². The number of rotatable bonds is 5. The van der Waals surface area contributed by atoms with Crippen LogP contribution in [0.25, 0.3) is 0 Å². The number of benzene rings is 3. The van der Waals surface area contributed by atoms with Gasteiger partial charge in [-0.2, -0.15) is 0 Å². The van der Waals surface area contributed by atoms with Gasteiger partial charge in [0.2, 0.25) is 0 Å². The molecule has 136 valence electrons. The van der Waals surface area contributed by atoms with Crippen LogP contribution in [0.5, 0.6) is 5.75 Å². The third kappa shape index (κ3) is 3.60. The van der Waals surface area contributed by atoms with Crippen molar-refractivity contribution in [3.63, 3.8) is 0 Å². The van der Waals surface area contributed by atoms with E-state index in [9.17, 15) is 4.79 Å². The van der Waals surface area contributed by atoms with Crippen LogP contribution in [0.4, 0.5) is 0 Å². The summed E-state index contributed by atoms with van der Waals surface area (Å²) in [4.78, 5) is 10.6. The maximum absolute atomic E-state index is 10.6. The molecule has 4 aromatic carbocycles. The molecule has 4 aromatic rings. The SMILES string of the molecule is [OH+]=c1cccccc1[O][Sn]([c]1ccccc1)([c]1ccccc1)[c]1ccccc1. The molecule has 28 heavy (non-hydrogen) atoms. The fourth-order valence-electron chi connectivity index (χ4n) is 3.47. The summed E-state index contributed by atoms with van der Waals surface area (Å²) in [6.07, 6.45) is 0. The molecule has 3 heteroatoms. The third-order valence-corrected chi connectivity index (χ3v) is 16.1. The molecule has 0 saturated carbocycles. The van der Waals surface area contributed by atoms with Gasteiger partial charge >= 0.3 is 170 Å². The molecule has 0 atom stereocenters. The molecule has 0 saturated heterocycles. The van der Waals surface area contributed by atoms with Crippen LogP contribution in [0.1, 0.15) is 0 Å². The summed E-state index contributed by atoms with van der Waals surface area (Å²) in [5.41, 5.74) is 0.147. The molecule has 0 heterocycles. The molecule has 0 aromatic heterocycles. The Morgan fingerprint density at radius 3 is 1.25 bits per heavy atom. The zero-order valence-corrected chi connectivity index (χ0v) is 18.3. The van der Waals surface area contributed by atoms with Crippen LogP contribution >= 0.6 is 0 Å². The second kappa shape index (κ2) is 8.44. The Balaban J connectivity index is 2.04. The van der Waals surface area contributed by atoms with Gasteiger partial charge in [0.05, 0.1) is 0 Å². The summed E-state index contributed by atoms with van der Waals surface area (Å²) in [6.45, 7) is 0. The molecular weight excluding hydrogens is 451 g/mol. The Labute approximate surface area is 169 Å². The van der Waals surface area contributed by atoms with Gasteiger partial charge in [-0.1, -0.05) is 0 Å². The zero-order valence-electron chi connectivity index (χ0n) is 15.4. The van der Waals surface area contributed by atoms with Crippen LogP contribution in [0.15, 0.2) is 121 Å². The Kier molecular flexibility index (Phi) is 5.58. The van der Waals surface area contributed by atoms with E-state index < -0.39 is 18.8 Å². The Morgan fingerprint density at radius 1 is 0.464 bits per heavy atom. The zero-order chi connectivity index (χ0) is 19.2. The van der Waals surface area contributed by atoms with Crippen LogP contribution in [0.3, 0.4) is 0 Å². The topological polar surface area (TPSA) is 30.6 Å². The summed E-state index contributed by atoms with van der Waals surface area (Å²) >= 11 is -3.91. The Bertz CT molecular complexity index is 1000.